The van der Waals surface area contributed by atoms with Crippen LogP contribution in [0.2, 0.25) is 0 Å². The number of carboxylic acid groups (broad SMARTS) is 2. The second-order valence-corrected chi connectivity index (χ2v) is 10.4. The van der Waals surface area contributed by atoms with Crippen LogP contribution in [0.3, 0.4) is 0 Å². The van der Waals surface area contributed by atoms with Crippen molar-refractivity contribution in [1.29, 1.82) is 0 Å². The Morgan fingerprint density at radius 3 is 2.21 bits per heavy atom. The van der Waals surface area contributed by atoms with Crippen molar-refractivity contribution < 1.29 is 39.2 Å². The number of carboxylic acids is 2. The van der Waals surface area contributed by atoms with Gasteiger partial charge < -0.3 is 35.1 Å². The first kappa shape index (κ1) is 34.1. The van der Waals surface area contributed by atoms with Crippen molar-refractivity contribution in [3.8, 4) is 0 Å². The number of carbonyl (C=O) groups excluding carboxylic acids is 1. The molecule has 0 aliphatic carbocycles. The molecular formula is C28H42N6O9. The predicted octanol–water partition coefficient (Wildman–Crippen LogP) is -0.894. The van der Waals surface area contributed by atoms with Gasteiger partial charge in [-0.1, -0.05) is 6.07 Å². The molecule has 1 fully saturated rings. The van der Waals surface area contributed by atoms with E-state index in [-0.39, 0.29) is 37.8 Å². The third-order valence-corrected chi connectivity index (χ3v) is 7.08. The lowest BCUT2D eigenvalue weighted by molar-refractivity contribution is -0.141. The van der Waals surface area contributed by atoms with E-state index in [1.165, 1.54) is 6.07 Å². The maximum absolute atomic E-state index is 12.9. The summed E-state index contributed by atoms with van der Waals surface area (Å²) >= 11 is 0. The minimum atomic E-state index is -1.04. The van der Waals surface area contributed by atoms with E-state index in [9.17, 15) is 24.3 Å². The fourth-order valence-corrected chi connectivity index (χ4v) is 4.88. The Hall–Kier alpha value is -3.44. The summed E-state index contributed by atoms with van der Waals surface area (Å²) in [5.74, 6) is -2.39. The molecular weight excluding hydrogens is 564 g/mol. The van der Waals surface area contributed by atoms with E-state index in [0.29, 0.717) is 76.8 Å². The molecule has 2 heterocycles. The van der Waals surface area contributed by atoms with Crippen molar-refractivity contribution >= 4 is 34.4 Å². The van der Waals surface area contributed by atoms with Gasteiger partial charge in [0.1, 0.15) is 13.5 Å². The number of anilines is 1. The first-order valence-corrected chi connectivity index (χ1v) is 14.2. The Labute approximate surface area is 249 Å². The van der Waals surface area contributed by atoms with Gasteiger partial charge in [0.2, 0.25) is 11.5 Å². The van der Waals surface area contributed by atoms with Gasteiger partial charge in [-0.3, -0.25) is 38.8 Å². The number of amides is 1. The number of aromatic amines is 1. The number of H-pyrrole nitrogens is 1. The number of ether oxygens (including phenoxy) is 2. The molecule has 238 valence electrons. The van der Waals surface area contributed by atoms with Crippen molar-refractivity contribution in [2.75, 3.05) is 104 Å². The fourth-order valence-electron chi connectivity index (χ4n) is 4.88. The number of aryl methyl sites for hydroxylation is 1. The van der Waals surface area contributed by atoms with Gasteiger partial charge in [0.15, 0.2) is 0 Å². The molecule has 43 heavy (non-hydrogen) atoms. The number of hydrogen-bond donors (Lipinski definition) is 5. The van der Waals surface area contributed by atoms with Crippen molar-refractivity contribution in [3.63, 3.8) is 0 Å². The van der Waals surface area contributed by atoms with Crippen molar-refractivity contribution in [2.45, 2.75) is 6.92 Å². The molecule has 0 unspecified atom stereocenters. The summed E-state index contributed by atoms with van der Waals surface area (Å²) in [6.45, 7) is 6.29. The highest BCUT2D eigenvalue weighted by molar-refractivity contribution is 5.95. The zero-order valence-electron chi connectivity index (χ0n) is 24.5. The number of nitrogens with zero attached hydrogens (tertiary/aromatic N) is 4. The Bertz CT molecular complexity index is 1270. The van der Waals surface area contributed by atoms with Crippen LogP contribution >= 0.6 is 0 Å². The van der Waals surface area contributed by atoms with Crippen molar-refractivity contribution in [2.24, 2.45) is 0 Å². The number of aliphatic hydroxyl groups excluding tert-OH is 1. The lowest BCUT2D eigenvalue weighted by Crippen LogP contribution is -2.45. The number of aliphatic carboxylic acids is 2. The van der Waals surface area contributed by atoms with Gasteiger partial charge >= 0.3 is 11.9 Å². The molecule has 1 amide bonds. The summed E-state index contributed by atoms with van der Waals surface area (Å²) in [5.41, 5.74) is 1.69. The predicted molar refractivity (Wildman–Crippen MR) is 158 cm³/mol. The van der Waals surface area contributed by atoms with E-state index in [1.807, 2.05) is 13.0 Å². The van der Waals surface area contributed by atoms with Crippen LogP contribution in [-0.4, -0.2) is 156 Å². The highest BCUT2D eigenvalue weighted by Crippen LogP contribution is 2.19. The number of rotatable bonds is 16. The van der Waals surface area contributed by atoms with Gasteiger partial charge in [-0.2, -0.15) is 0 Å². The van der Waals surface area contributed by atoms with E-state index < -0.39 is 18.7 Å². The van der Waals surface area contributed by atoms with Crippen LogP contribution in [0.15, 0.2) is 29.1 Å². The third-order valence-electron chi connectivity index (χ3n) is 7.08. The molecule has 15 heteroatoms. The average Bonchev–Trinajstić information content (AvgIpc) is 3.04. The topological polar surface area (TPSA) is 188 Å². The molecule has 0 radical (unpaired) electrons. The van der Waals surface area contributed by atoms with Gasteiger partial charge in [0.25, 0.3) is 0 Å². The normalized spacial score (nSPS) is 15.3. The summed E-state index contributed by atoms with van der Waals surface area (Å²) in [6.07, 6.45) is 0. The molecule has 1 aromatic heterocycles. The highest BCUT2D eigenvalue weighted by Gasteiger charge is 2.19. The molecule has 0 bridgehead atoms. The second kappa shape index (κ2) is 17.6. The number of nitrogens with one attached hydrogen (secondary N) is 2. The highest BCUT2D eigenvalue weighted by atomic mass is 16.6. The molecule has 5 N–H and O–H groups in total. The molecule has 0 atom stereocenters. The summed E-state index contributed by atoms with van der Waals surface area (Å²) in [6, 6.07) is 6.74. The van der Waals surface area contributed by atoms with E-state index in [4.69, 9.17) is 19.7 Å². The molecule has 1 aliphatic rings. The van der Waals surface area contributed by atoms with Crippen molar-refractivity contribution in [1.82, 2.24) is 24.6 Å². The zero-order valence-corrected chi connectivity index (χ0v) is 24.5. The minimum absolute atomic E-state index is 0.00625. The van der Waals surface area contributed by atoms with Gasteiger partial charge in [0.05, 0.1) is 38.4 Å². The first-order chi connectivity index (χ1) is 20.6. The van der Waals surface area contributed by atoms with Gasteiger partial charge in [-0.05, 0) is 24.6 Å². The fraction of sp³-hybridized carbons (Fsp3) is 0.571. The van der Waals surface area contributed by atoms with E-state index in [0.717, 1.165) is 10.9 Å². The molecule has 15 nitrogen and oxygen atoms in total. The number of fused-ring (bicyclic) bond motifs is 1. The second-order valence-electron chi connectivity index (χ2n) is 10.4. The van der Waals surface area contributed by atoms with E-state index in [2.05, 4.69) is 20.1 Å². The summed E-state index contributed by atoms with van der Waals surface area (Å²) < 4.78 is 10.7. The summed E-state index contributed by atoms with van der Waals surface area (Å²) in [7, 11) is 0. The maximum Gasteiger partial charge on any atom is 0.317 e. The average molecular weight is 607 g/mol. The van der Waals surface area contributed by atoms with Crippen LogP contribution in [0.4, 0.5) is 5.69 Å². The lowest BCUT2D eigenvalue weighted by atomic mass is 10.1. The first-order valence-electron chi connectivity index (χ1n) is 14.2. The maximum atomic E-state index is 12.9. The molecule has 1 aliphatic heterocycles. The lowest BCUT2D eigenvalue weighted by Gasteiger charge is -2.29. The standard InChI is InChI=1S/C28H42N6O9/c1-21-14-25(36)30-24-15-22(2-3-23(21)24)29-26(37)16-33(17-27(38)39)8-6-31-4-5-32(11-13-42-12-10-31)7-9-34(18-28(40)41)19-43-20-35/h2-3,14-15,35H,4-13,16-20H2,1H3,(H,29,37)(H,30,36)(H,38,39)(H,40,41). The minimum Gasteiger partial charge on any atom is -0.480 e. The number of carbonyl (C=O) groups is 3. The molecule has 0 spiro atoms. The molecule has 1 saturated heterocycles. The Morgan fingerprint density at radius 1 is 0.953 bits per heavy atom. The molecule has 1 aromatic carbocycles. The Kier molecular flexibility index (Phi) is 14.0. The van der Waals surface area contributed by atoms with Crippen LogP contribution in [-0.2, 0) is 23.9 Å². The third kappa shape index (κ3) is 12.4. The number of pyridine rings is 1. The number of hydrogen-bond acceptors (Lipinski definition) is 11. The van der Waals surface area contributed by atoms with Gasteiger partial charge in [0, 0.05) is 69.5 Å². The number of benzene rings is 1. The number of aromatic nitrogens is 1. The van der Waals surface area contributed by atoms with E-state index >= 15 is 0 Å². The largest absolute Gasteiger partial charge is 0.480 e. The Morgan fingerprint density at radius 2 is 1.58 bits per heavy atom. The van der Waals surface area contributed by atoms with Crippen LogP contribution in [0, 0.1) is 6.92 Å². The van der Waals surface area contributed by atoms with E-state index in [1.54, 1.807) is 21.9 Å². The van der Waals surface area contributed by atoms with Crippen molar-refractivity contribution in [3.05, 3.63) is 40.2 Å². The monoisotopic (exact) mass is 606 g/mol. The van der Waals surface area contributed by atoms with Crippen LogP contribution in [0.5, 0.6) is 0 Å². The van der Waals surface area contributed by atoms with Gasteiger partial charge in [-0.15, -0.1) is 0 Å². The Balaban J connectivity index is 1.54. The quantitative estimate of drug-likeness (QED) is 0.148. The zero-order chi connectivity index (χ0) is 31.2. The summed E-state index contributed by atoms with van der Waals surface area (Å²) in [5, 5.41) is 31.2. The number of aliphatic hydroxyl groups is 1. The summed E-state index contributed by atoms with van der Waals surface area (Å²) in [4.78, 5) is 57.6. The van der Waals surface area contributed by atoms with Gasteiger partial charge in [-0.25, -0.2) is 0 Å². The molecule has 3 rings (SSSR count). The van der Waals surface area contributed by atoms with Crippen LogP contribution in [0.1, 0.15) is 5.56 Å². The van der Waals surface area contributed by atoms with Crippen LogP contribution < -0.4 is 10.9 Å². The van der Waals surface area contributed by atoms with Crippen LogP contribution in [0.25, 0.3) is 10.9 Å². The SMILES string of the molecule is Cc1cc(=O)[nH]c2cc(NC(=O)CN(CCN3CCOCCN(CCN(COCO)CC(=O)O)CC3)CC(=O)O)ccc12. The molecule has 0 saturated carbocycles. The smallest absolute Gasteiger partial charge is 0.317 e. The molecule has 2 aromatic rings.